The second-order valence-electron chi connectivity index (χ2n) is 11.5. The topological polar surface area (TPSA) is 83.8 Å². The van der Waals surface area contributed by atoms with E-state index < -0.39 is 25.3 Å². The van der Waals surface area contributed by atoms with Crippen LogP contribution in [0.5, 0.6) is 0 Å². The molecule has 5 nitrogen and oxygen atoms in total. The minimum absolute atomic E-state index is 0.0307. The molecule has 0 aromatic heterocycles. The number of carbonyl (C=O) groups is 2. The number of carboxylic acid groups (broad SMARTS) is 1. The number of ketones is 1. The highest BCUT2D eigenvalue weighted by atomic mass is 28.4. The van der Waals surface area contributed by atoms with Gasteiger partial charge in [0.1, 0.15) is 5.60 Å². The number of aliphatic carboxylic acids is 1. The fourth-order valence-electron chi connectivity index (χ4n) is 5.34. The second-order valence-corrected chi connectivity index (χ2v) is 15.8. The highest BCUT2D eigenvalue weighted by Gasteiger charge is 2.50. The van der Waals surface area contributed by atoms with Crippen LogP contribution in [0, 0.1) is 5.41 Å². The predicted molar refractivity (Wildman–Crippen MR) is 151 cm³/mol. The van der Waals surface area contributed by atoms with Crippen LogP contribution < -0.4 is 10.4 Å². The van der Waals surface area contributed by atoms with Crippen molar-refractivity contribution in [3.8, 4) is 0 Å². The zero-order valence-corrected chi connectivity index (χ0v) is 23.6. The molecule has 2 N–H and O–H groups in total. The molecule has 0 spiro atoms. The molecule has 6 heteroatoms. The van der Waals surface area contributed by atoms with Crippen molar-refractivity contribution in [1.29, 1.82) is 0 Å². The van der Waals surface area contributed by atoms with Crippen molar-refractivity contribution in [3.63, 3.8) is 0 Å². The van der Waals surface area contributed by atoms with E-state index in [0.717, 1.165) is 16.4 Å². The van der Waals surface area contributed by atoms with E-state index in [-0.39, 0.29) is 23.8 Å². The van der Waals surface area contributed by atoms with E-state index in [1.165, 1.54) is 6.08 Å². The molecule has 0 radical (unpaired) electrons. The lowest BCUT2D eigenvalue weighted by Crippen LogP contribution is -2.66. The van der Waals surface area contributed by atoms with Gasteiger partial charge in [-0.25, -0.2) is 4.79 Å². The molecule has 0 amide bonds. The standard InChI is InChI=1S/C31H38O5Si/c1-23-19-25(32)21-30(5,6)31(23,35)18-17-24(20-28(33)34)22-36-37(29(2,3)4,26-13-9-7-10-14-26)27-15-11-8-12-16-27/h7-20,35H,21-22H2,1-6H3,(H,33,34)/b18-17+,24-20+/t31-/m1/s1. The third-order valence-corrected chi connectivity index (χ3v) is 12.3. The normalized spacial score (nSPS) is 20.7. The molecule has 2 aromatic rings. The first kappa shape index (κ1) is 28.5. The Balaban J connectivity index is 2.07. The van der Waals surface area contributed by atoms with Crippen LogP contribution in [-0.4, -0.2) is 42.5 Å². The van der Waals surface area contributed by atoms with Crippen molar-refractivity contribution in [2.24, 2.45) is 5.41 Å². The summed E-state index contributed by atoms with van der Waals surface area (Å²) in [5.41, 5.74) is -1.18. The number of benzene rings is 2. The smallest absolute Gasteiger partial charge is 0.328 e. The maximum Gasteiger partial charge on any atom is 0.328 e. The highest BCUT2D eigenvalue weighted by molar-refractivity contribution is 6.99. The Bertz CT molecular complexity index is 1180. The first-order valence-electron chi connectivity index (χ1n) is 12.5. The minimum atomic E-state index is -2.89. The molecule has 0 saturated heterocycles. The van der Waals surface area contributed by atoms with Gasteiger partial charge in [0, 0.05) is 17.9 Å². The molecule has 0 unspecified atom stereocenters. The fourth-order valence-corrected chi connectivity index (χ4v) is 9.88. The second kappa shape index (κ2) is 10.7. The van der Waals surface area contributed by atoms with Gasteiger partial charge in [0.05, 0.1) is 6.61 Å². The summed E-state index contributed by atoms with van der Waals surface area (Å²) in [6.45, 7) is 11.9. The van der Waals surface area contributed by atoms with Gasteiger partial charge >= 0.3 is 5.97 Å². The Kier molecular flexibility index (Phi) is 8.27. The number of carbonyl (C=O) groups excluding carboxylic acids is 1. The maximum atomic E-state index is 12.1. The maximum absolute atomic E-state index is 12.1. The zero-order valence-electron chi connectivity index (χ0n) is 22.6. The molecule has 1 aliphatic carbocycles. The fraction of sp³-hybridized carbons (Fsp3) is 0.355. The van der Waals surface area contributed by atoms with E-state index in [9.17, 15) is 19.8 Å². The molecular weight excluding hydrogens is 480 g/mol. The van der Waals surface area contributed by atoms with E-state index in [4.69, 9.17) is 4.43 Å². The van der Waals surface area contributed by atoms with Gasteiger partial charge in [-0.15, -0.1) is 0 Å². The summed E-state index contributed by atoms with van der Waals surface area (Å²) >= 11 is 0. The van der Waals surface area contributed by atoms with Crippen LogP contribution in [0.2, 0.25) is 5.04 Å². The molecule has 1 aliphatic rings. The molecule has 0 heterocycles. The lowest BCUT2D eigenvalue weighted by Gasteiger charge is -2.44. The monoisotopic (exact) mass is 518 g/mol. The number of hydrogen-bond acceptors (Lipinski definition) is 4. The summed E-state index contributed by atoms with van der Waals surface area (Å²) in [5.74, 6) is -1.13. The van der Waals surface area contributed by atoms with Gasteiger partial charge in [0.15, 0.2) is 5.78 Å². The van der Waals surface area contributed by atoms with Crippen molar-refractivity contribution >= 4 is 30.4 Å². The molecular formula is C31H38O5Si. The Hall–Kier alpha value is -3.06. The van der Waals surface area contributed by atoms with Crippen molar-refractivity contribution in [2.75, 3.05) is 6.61 Å². The van der Waals surface area contributed by atoms with Crippen molar-refractivity contribution in [3.05, 3.63) is 96.1 Å². The minimum Gasteiger partial charge on any atom is -0.478 e. The lowest BCUT2D eigenvalue weighted by atomic mass is 9.64. The average Bonchev–Trinajstić information content (AvgIpc) is 2.81. The number of aliphatic hydroxyl groups is 1. The summed E-state index contributed by atoms with van der Waals surface area (Å²) in [6, 6.07) is 20.3. The summed E-state index contributed by atoms with van der Waals surface area (Å²) < 4.78 is 6.90. The van der Waals surface area contributed by atoms with E-state index in [0.29, 0.717) is 11.1 Å². The van der Waals surface area contributed by atoms with Gasteiger partial charge in [-0.2, -0.15) is 0 Å². The van der Waals surface area contributed by atoms with Crippen LogP contribution in [0.25, 0.3) is 0 Å². The number of allylic oxidation sites excluding steroid dienone is 1. The molecule has 37 heavy (non-hydrogen) atoms. The van der Waals surface area contributed by atoms with Gasteiger partial charge < -0.3 is 14.6 Å². The quantitative estimate of drug-likeness (QED) is 0.298. The highest BCUT2D eigenvalue weighted by Crippen LogP contribution is 2.44. The van der Waals surface area contributed by atoms with Crippen molar-refractivity contribution in [2.45, 2.75) is 58.6 Å². The Morgan fingerprint density at radius 3 is 1.97 bits per heavy atom. The molecule has 196 valence electrons. The van der Waals surface area contributed by atoms with E-state index in [1.54, 1.807) is 19.1 Å². The predicted octanol–water partition coefficient (Wildman–Crippen LogP) is 4.81. The molecule has 2 aromatic carbocycles. The molecule has 0 fully saturated rings. The van der Waals surface area contributed by atoms with Gasteiger partial charge in [-0.05, 0) is 45.6 Å². The van der Waals surface area contributed by atoms with Crippen LogP contribution >= 0.6 is 0 Å². The van der Waals surface area contributed by atoms with Crippen molar-refractivity contribution in [1.82, 2.24) is 0 Å². The largest absolute Gasteiger partial charge is 0.478 e. The number of hydrogen-bond donors (Lipinski definition) is 2. The first-order chi connectivity index (χ1) is 17.2. The van der Waals surface area contributed by atoms with E-state index in [2.05, 4.69) is 45.0 Å². The molecule has 3 rings (SSSR count). The summed E-state index contributed by atoms with van der Waals surface area (Å²) in [6.07, 6.45) is 6.02. The van der Waals surface area contributed by atoms with E-state index >= 15 is 0 Å². The first-order valence-corrected chi connectivity index (χ1v) is 14.5. The van der Waals surface area contributed by atoms with Crippen LogP contribution in [0.4, 0.5) is 0 Å². The number of carboxylic acids is 1. The van der Waals surface area contributed by atoms with Crippen LogP contribution in [-0.2, 0) is 14.0 Å². The summed E-state index contributed by atoms with van der Waals surface area (Å²) in [5, 5.41) is 23.1. The van der Waals surface area contributed by atoms with Crippen molar-refractivity contribution < 1.29 is 24.2 Å². The number of rotatable bonds is 8. The molecule has 0 bridgehead atoms. The van der Waals surface area contributed by atoms with E-state index in [1.807, 2.05) is 50.2 Å². The lowest BCUT2D eigenvalue weighted by molar-refractivity contribution is -0.131. The summed E-state index contributed by atoms with van der Waals surface area (Å²) in [7, 11) is -2.89. The Labute approximate surface area is 221 Å². The zero-order chi connectivity index (χ0) is 27.5. The molecule has 1 atom stereocenters. The van der Waals surface area contributed by atoms with Crippen LogP contribution in [0.1, 0.15) is 48.0 Å². The Morgan fingerprint density at radius 1 is 1.03 bits per heavy atom. The van der Waals surface area contributed by atoms with Crippen LogP contribution in [0.3, 0.4) is 0 Å². The average molecular weight is 519 g/mol. The van der Waals surface area contributed by atoms with Gasteiger partial charge in [-0.1, -0.05) is 101 Å². The SMILES string of the molecule is CC1=CC(=O)CC(C)(C)[C@@]1(O)/C=C/C(=C\C(=O)O)CO[Si](c1ccccc1)(c1ccccc1)C(C)(C)C. The van der Waals surface area contributed by atoms with Gasteiger partial charge in [0.2, 0.25) is 0 Å². The van der Waals surface area contributed by atoms with Gasteiger partial charge in [0.25, 0.3) is 8.32 Å². The Morgan fingerprint density at radius 2 is 1.54 bits per heavy atom. The molecule has 0 aliphatic heterocycles. The molecule has 0 saturated carbocycles. The van der Waals surface area contributed by atoms with Crippen LogP contribution in [0.15, 0.2) is 96.1 Å². The summed E-state index contributed by atoms with van der Waals surface area (Å²) in [4.78, 5) is 23.9. The third-order valence-electron chi connectivity index (χ3n) is 7.35. The third kappa shape index (κ3) is 5.77. The van der Waals surface area contributed by atoms with Gasteiger partial charge in [-0.3, -0.25) is 4.79 Å².